The van der Waals surface area contributed by atoms with Crippen LogP contribution in [0.2, 0.25) is 0 Å². The summed E-state index contributed by atoms with van der Waals surface area (Å²) in [6, 6.07) is 44.9. The molecule has 0 aromatic heterocycles. The molecular weight excluding hydrogens is 753 g/mol. The number of benzene rings is 5. The molecule has 1 aliphatic carbocycles. The number of nitrogens with two attached hydrogens (primary N) is 1. The van der Waals surface area contributed by atoms with Crippen molar-refractivity contribution in [1.29, 1.82) is 0 Å². The number of carbonyl (C=O) groups is 3. The topological polar surface area (TPSA) is 115 Å². The Morgan fingerprint density at radius 2 is 1.00 bits per heavy atom. The predicted molar refractivity (Wildman–Crippen MR) is 235 cm³/mol. The van der Waals surface area contributed by atoms with Gasteiger partial charge in [0.05, 0.1) is 5.69 Å². The largest absolute Gasteiger partial charge is 0.487 e. The molecule has 1 aliphatic rings. The van der Waals surface area contributed by atoms with Crippen LogP contribution in [0.25, 0.3) is 0 Å². The van der Waals surface area contributed by atoms with Crippen LogP contribution in [0.5, 0.6) is 5.75 Å². The second kappa shape index (κ2) is 23.3. The van der Waals surface area contributed by atoms with Crippen LogP contribution < -0.4 is 10.5 Å². The smallest absolute Gasteiger partial charge is 0.410 e. The lowest BCUT2D eigenvalue weighted by atomic mass is 9.94. The van der Waals surface area contributed by atoms with Gasteiger partial charge in [-0.1, -0.05) is 147 Å². The first-order valence-corrected chi connectivity index (χ1v) is 21.2. The number of hydrogen-bond acceptors (Lipinski definition) is 7. The summed E-state index contributed by atoms with van der Waals surface area (Å²) in [5, 5.41) is 0. The lowest BCUT2D eigenvalue weighted by Gasteiger charge is -2.36. The van der Waals surface area contributed by atoms with E-state index in [1.807, 2.05) is 144 Å². The van der Waals surface area contributed by atoms with Crippen LogP contribution in [0.15, 0.2) is 140 Å². The van der Waals surface area contributed by atoms with Crippen molar-refractivity contribution in [1.82, 2.24) is 14.7 Å². The van der Waals surface area contributed by atoms with E-state index >= 15 is 0 Å². The highest BCUT2D eigenvalue weighted by atomic mass is 16.6. The standard InChI is InChI=1S/C50H58N4O6/c51-46-36-41(26-27-47(46)58-37-42-18-8-2-9-19-42)29-32-53(50(57)60-39-44-22-12-4-13-23-44)34-35-54(45-24-14-5-15-25-45)48(55)30-33-52(31-28-40-16-6-1-7-17-40)49(56)59-38-43-20-10-3-11-21-43/h1-4,6-13,16-23,26-27,36,45H,5,14-15,24-25,28-35,37-39,51H2. The van der Waals surface area contributed by atoms with Crippen LogP contribution in [-0.2, 0) is 46.9 Å². The minimum absolute atomic E-state index is 0.0426. The fourth-order valence-electron chi connectivity index (χ4n) is 7.51. The molecule has 2 N–H and O–H groups in total. The summed E-state index contributed by atoms with van der Waals surface area (Å²) in [6.07, 6.45) is 5.43. The van der Waals surface area contributed by atoms with Gasteiger partial charge >= 0.3 is 12.2 Å². The second-order valence-corrected chi connectivity index (χ2v) is 15.3. The van der Waals surface area contributed by atoms with E-state index in [-0.39, 0.29) is 38.1 Å². The molecule has 3 amide bonds. The van der Waals surface area contributed by atoms with E-state index in [0.717, 1.165) is 59.9 Å². The zero-order valence-corrected chi connectivity index (χ0v) is 34.5. The van der Waals surface area contributed by atoms with Gasteiger partial charge in [0.1, 0.15) is 25.6 Å². The third-order valence-electron chi connectivity index (χ3n) is 11.0. The fraction of sp³-hybridized carbons (Fsp3) is 0.340. The van der Waals surface area contributed by atoms with Crippen molar-refractivity contribution in [2.45, 2.75) is 77.2 Å². The molecule has 0 unspecified atom stereocenters. The average molecular weight is 811 g/mol. The first-order valence-electron chi connectivity index (χ1n) is 21.2. The number of nitrogen functional groups attached to an aromatic ring is 1. The highest BCUT2D eigenvalue weighted by molar-refractivity contribution is 5.78. The van der Waals surface area contributed by atoms with Gasteiger partial charge in [-0.25, -0.2) is 9.59 Å². The summed E-state index contributed by atoms with van der Waals surface area (Å²) in [5.74, 6) is 0.561. The molecule has 314 valence electrons. The van der Waals surface area contributed by atoms with E-state index in [0.29, 0.717) is 57.1 Å². The molecule has 60 heavy (non-hydrogen) atoms. The highest BCUT2D eigenvalue weighted by Gasteiger charge is 2.28. The molecule has 1 fully saturated rings. The molecule has 0 heterocycles. The number of rotatable bonds is 20. The lowest BCUT2D eigenvalue weighted by Crippen LogP contribution is -2.48. The Morgan fingerprint density at radius 3 is 1.53 bits per heavy atom. The molecule has 1 saturated carbocycles. The van der Waals surface area contributed by atoms with Crippen LogP contribution in [0.3, 0.4) is 0 Å². The van der Waals surface area contributed by atoms with Crippen molar-refractivity contribution in [3.8, 4) is 5.75 Å². The summed E-state index contributed by atoms with van der Waals surface area (Å²) in [6.45, 7) is 2.34. The quantitative estimate of drug-likeness (QED) is 0.0780. The van der Waals surface area contributed by atoms with Gasteiger partial charge in [-0.3, -0.25) is 4.79 Å². The molecule has 10 heteroatoms. The average Bonchev–Trinajstić information content (AvgIpc) is 3.30. The number of ether oxygens (including phenoxy) is 3. The summed E-state index contributed by atoms with van der Waals surface area (Å²) in [5.41, 5.74) is 11.8. The second-order valence-electron chi connectivity index (χ2n) is 15.3. The van der Waals surface area contributed by atoms with Gasteiger partial charge in [-0.2, -0.15) is 0 Å². The van der Waals surface area contributed by atoms with Crippen molar-refractivity contribution >= 4 is 23.8 Å². The summed E-state index contributed by atoms with van der Waals surface area (Å²) in [7, 11) is 0. The fourth-order valence-corrected chi connectivity index (χ4v) is 7.51. The highest BCUT2D eigenvalue weighted by Crippen LogP contribution is 2.26. The Kier molecular flexibility index (Phi) is 16.8. The maximum atomic E-state index is 14.3. The maximum Gasteiger partial charge on any atom is 0.410 e. The maximum absolute atomic E-state index is 14.3. The van der Waals surface area contributed by atoms with Crippen LogP contribution in [-0.4, -0.2) is 71.6 Å². The molecule has 0 radical (unpaired) electrons. The van der Waals surface area contributed by atoms with Crippen LogP contribution >= 0.6 is 0 Å². The van der Waals surface area contributed by atoms with Crippen LogP contribution in [0.1, 0.15) is 66.3 Å². The Labute approximate surface area is 354 Å². The molecule has 0 saturated heterocycles. The van der Waals surface area contributed by atoms with E-state index < -0.39 is 12.2 Å². The lowest BCUT2D eigenvalue weighted by molar-refractivity contribution is -0.134. The van der Waals surface area contributed by atoms with E-state index in [2.05, 4.69) is 0 Å². The van der Waals surface area contributed by atoms with Crippen molar-refractivity contribution < 1.29 is 28.6 Å². The SMILES string of the molecule is Nc1cc(CCN(CCN(C(=O)CCN(CCc2ccccc2)C(=O)OCc2ccccc2)C2CCCCC2)C(=O)OCc2ccccc2)ccc1OCc1ccccc1. The Hall–Kier alpha value is -6.29. The van der Waals surface area contributed by atoms with Gasteiger partial charge < -0.3 is 34.6 Å². The van der Waals surface area contributed by atoms with Gasteiger partial charge in [0, 0.05) is 45.2 Å². The van der Waals surface area contributed by atoms with Crippen LogP contribution in [0.4, 0.5) is 15.3 Å². The molecular formula is C50H58N4O6. The molecule has 6 rings (SSSR count). The summed E-state index contributed by atoms with van der Waals surface area (Å²) >= 11 is 0. The number of amides is 3. The Balaban J connectivity index is 1.12. The van der Waals surface area contributed by atoms with Gasteiger partial charge in [-0.05, 0) is 65.6 Å². The zero-order chi connectivity index (χ0) is 41.8. The van der Waals surface area contributed by atoms with Gasteiger partial charge in [0.15, 0.2) is 0 Å². The van der Waals surface area contributed by atoms with E-state index in [9.17, 15) is 14.4 Å². The van der Waals surface area contributed by atoms with Crippen molar-refractivity contribution in [2.75, 3.05) is 38.5 Å². The van der Waals surface area contributed by atoms with Gasteiger partial charge in [0.25, 0.3) is 0 Å². The number of carbonyl (C=O) groups excluding carboxylic acids is 3. The third kappa shape index (κ3) is 13.9. The first-order chi connectivity index (χ1) is 29.4. The molecule has 0 atom stereocenters. The molecule has 5 aromatic carbocycles. The molecule has 10 nitrogen and oxygen atoms in total. The van der Waals surface area contributed by atoms with E-state index in [4.69, 9.17) is 19.9 Å². The first kappa shape index (κ1) is 43.3. The van der Waals surface area contributed by atoms with E-state index in [1.165, 1.54) is 0 Å². The molecule has 0 spiro atoms. The number of anilines is 1. The summed E-state index contributed by atoms with van der Waals surface area (Å²) in [4.78, 5) is 46.9. The van der Waals surface area contributed by atoms with Crippen molar-refractivity contribution in [2.24, 2.45) is 0 Å². The molecule has 5 aromatic rings. The summed E-state index contributed by atoms with van der Waals surface area (Å²) < 4.78 is 17.6. The normalized spacial score (nSPS) is 12.6. The van der Waals surface area contributed by atoms with E-state index in [1.54, 1.807) is 9.80 Å². The zero-order valence-electron chi connectivity index (χ0n) is 34.5. The minimum atomic E-state index is -0.449. The van der Waals surface area contributed by atoms with Crippen LogP contribution in [0, 0.1) is 0 Å². The number of nitrogens with zero attached hydrogens (tertiary/aromatic N) is 3. The van der Waals surface area contributed by atoms with Crippen molar-refractivity contribution in [3.63, 3.8) is 0 Å². The molecule has 0 bridgehead atoms. The van der Waals surface area contributed by atoms with Gasteiger partial charge in [0.2, 0.25) is 5.91 Å². The Morgan fingerprint density at radius 1 is 0.517 bits per heavy atom. The van der Waals surface area contributed by atoms with Gasteiger partial charge in [-0.15, -0.1) is 0 Å². The predicted octanol–water partition coefficient (Wildman–Crippen LogP) is 9.46. The molecule has 0 aliphatic heterocycles. The third-order valence-corrected chi connectivity index (χ3v) is 11.0. The Bertz CT molecular complexity index is 2050. The number of hydrogen-bond donors (Lipinski definition) is 1. The monoisotopic (exact) mass is 810 g/mol. The van der Waals surface area contributed by atoms with Crippen molar-refractivity contribution in [3.05, 3.63) is 167 Å². The minimum Gasteiger partial charge on any atom is -0.487 e.